The Morgan fingerprint density at radius 1 is 1.16 bits per heavy atom. The van der Waals surface area contributed by atoms with Crippen molar-refractivity contribution in [3.05, 3.63) is 65.9 Å². The molecule has 0 amide bonds. The summed E-state index contributed by atoms with van der Waals surface area (Å²) in [7, 11) is 0. The number of imidazole rings is 1. The molecule has 0 saturated carbocycles. The fourth-order valence-electron chi connectivity index (χ4n) is 2.78. The Bertz CT molecular complexity index is 717. The van der Waals surface area contributed by atoms with Crippen LogP contribution in [-0.2, 0) is 6.42 Å². The Morgan fingerprint density at radius 3 is 3.00 bits per heavy atom. The van der Waals surface area contributed by atoms with Gasteiger partial charge in [-0.3, -0.25) is 4.98 Å². The molecule has 0 saturated heterocycles. The molecule has 0 aromatic carbocycles. The Morgan fingerprint density at radius 2 is 2.11 bits per heavy atom. The van der Waals surface area contributed by atoms with Crippen LogP contribution in [0.25, 0.3) is 5.65 Å². The molecule has 1 unspecified atom stereocenters. The molecule has 19 heavy (non-hydrogen) atoms. The molecule has 1 aliphatic heterocycles. The van der Waals surface area contributed by atoms with E-state index in [0.717, 1.165) is 24.3 Å². The van der Waals surface area contributed by atoms with Crippen LogP contribution in [0.5, 0.6) is 0 Å². The molecule has 0 bridgehead atoms. The predicted octanol–water partition coefficient (Wildman–Crippen LogP) is 1.96. The zero-order chi connectivity index (χ0) is 12.7. The number of nitrogens with zero attached hydrogens (tertiary/aromatic N) is 3. The second-order valence-electron chi connectivity index (χ2n) is 4.76. The zero-order valence-electron chi connectivity index (χ0n) is 10.5. The van der Waals surface area contributed by atoms with Crippen molar-refractivity contribution in [2.75, 3.05) is 6.54 Å². The Kier molecular flexibility index (Phi) is 2.35. The summed E-state index contributed by atoms with van der Waals surface area (Å²) in [6.45, 7) is 0.943. The molecule has 0 aliphatic carbocycles. The first kappa shape index (κ1) is 10.7. The van der Waals surface area contributed by atoms with E-state index < -0.39 is 0 Å². The molecular weight excluding hydrogens is 236 g/mol. The molecule has 1 aliphatic rings. The van der Waals surface area contributed by atoms with Gasteiger partial charge < -0.3 is 9.72 Å². The smallest absolute Gasteiger partial charge is 0.137 e. The Labute approximate surface area is 111 Å². The van der Waals surface area contributed by atoms with Crippen molar-refractivity contribution < 1.29 is 0 Å². The second-order valence-corrected chi connectivity index (χ2v) is 4.76. The minimum absolute atomic E-state index is 0.127. The molecule has 94 valence electrons. The number of nitrogens with one attached hydrogen (secondary N) is 1. The topological polar surface area (TPSA) is 42.2 Å². The molecule has 3 aromatic heterocycles. The van der Waals surface area contributed by atoms with Crippen molar-refractivity contribution in [3.63, 3.8) is 0 Å². The van der Waals surface area contributed by atoms with Crippen molar-refractivity contribution in [2.24, 2.45) is 0 Å². The normalized spacial score (nSPS) is 18.4. The van der Waals surface area contributed by atoms with Crippen LogP contribution in [0.3, 0.4) is 0 Å². The maximum atomic E-state index is 4.72. The van der Waals surface area contributed by atoms with Gasteiger partial charge in [-0.1, -0.05) is 12.1 Å². The third-order valence-electron chi connectivity index (χ3n) is 3.61. The zero-order valence-corrected chi connectivity index (χ0v) is 10.5. The summed E-state index contributed by atoms with van der Waals surface area (Å²) in [4.78, 5) is 9.21. The highest BCUT2D eigenvalue weighted by atomic mass is 15.1. The Balaban J connectivity index is 1.95. The third kappa shape index (κ3) is 1.64. The summed E-state index contributed by atoms with van der Waals surface area (Å²) in [5.74, 6) is 0. The van der Waals surface area contributed by atoms with Gasteiger partial charge in [-0.2, -0.15) is 0 Å². The van der Waals surface area contributed by atoms with Gasteiger partial charge in [-0.25, -0.2) is 4.98 Å². The second kappa shape index (κ2) is 4.17. The van der Waals surface area contributed by atoms with Crippen LogP contribution in [0.1, 0.15) is 23.1 Å². The highest BCUT2D eigenvalue weighted by molar-refractivity contribution is 5.46. The molecule has 0 fully saturated rings. The molecule has 1 N–H and O–H groups in total. The summed E-state index contributed by atoms with van der Waals surface area (Å²) >= 11 is 0. The molecule has 4 heteroatoms. The first-order valence-corrected chi connectivity index (χ1v) is 6.53. The van der Waals surface area contributed by atoms with Gasteiger partial charge in [0, 0.05) is 25.4 Å². The van der Waals surface area contributed by atoms with Crippen molar-refractivity contribution in [3.8, 4) is 0 Å². The van der Waals surface area contributed by atoms with Crippen LogP contribution >= 0.6 is 0 Å². The molecule has 0 spiro atoms. The first-order valence-electron chi connectivity index (χ1n) is 6.53. The molecule has 4 rings (SSSR count). The van der Waals surface area contributed by atoms with Gasteiger partial charge in [0.2, 0.25) is 0 Å². The molecule has 1 atom stereocenters. The van der Waals surface area contributed by atoms with Gasteiger partial charge in [0.15, 0.2) is 0 Å². The number of rotatable bonds is 1. The van der Waals surface area contributed by atoms with Gasteiger partial charge in [0.05, 0.1) is 23.1 Å². The van der Waals surface area contributed by atoms with E-state index in [1.807, 2.05) is 36.5 Å². The van der Waals surface area contributed by atoms with Gasteiger partial charge in [0.25, 0.3) is 0 Å². The standard InChI is InChI=1S/C15H14N4/c1-3-8-16-11(5-1)14-15-12(7-9-17-14)18-13-6-2-4-10-19(13)15/h1-6,8,10,14,17H,7,9H2. The molecule has 3 aromatic rings. The predicted molar refractivity (Wildman–Crippen MR) is 73.0 cm³/mol. The van der Waals surface area contributed by atoms with Crippen LogP contribution < -0.4 is 5.32 Å². The molecule has 4 nitrogen and oxygen atoms in total. The monoisotopic (exact) mass is 250 g/mol. The summed E-state index contributed by atoms with van der Waals surface area (Å²) in [6.07, 6.45) is 4.89. The van der Waals surface area contributed by atoms with E-state index in [-0.39, 0.29) is 6.04 Å². The maximum absolute atomic E-state index is 4.72. The quantitative estimate of drug-likeness (QED) is 0.718. The van der Waals surface area contributed by atoms with Crippen molar-refractivity contribution >= 4 is 5.65 Å². The van der Waals surface area contributed by atoms with E-state index in [1.54, 1.807) is 0 Å². The van der Waals surface area contributed by atoms with Crippen molar-refractivity contribution in [1.82, 2.24) is 19.7 Å². The fraction of sp³-hybridized carbons (Fsp3) is 0.200. The summed E-state index contributed by atoms with van der Waals surface area (Å²) < 4.78 is 2.17. The summed E-state index contributed by atoms with van der Waals surface area (Å²) in [5.41, 5.74) is 4.47. The maximum Gasteiger partial charge on any atom is 0.137 e. The number of aromatic nitrogens is 3. The van der Waals surface area contributed by atoms with Crippen LogP contribution in [0.15, 0.2) is 48.8 Å². The lowest BCUT2D eigenvalue weighted by Crippen LogP contribution is -2.31. The van der Waals surface area contributed by atoms with E-state index in [2.05, 4.69) is 27.0 Å². The minimum atomic E-state index is 0.127. The van der Waals surface area contributed by atoms with E-state index in [9.17, 15) is 0 Å². The van der Waals surface area contributed by atoms with Crippen LogP contribution in [0.2, 0.25) is 0 Å². The number of pyridine rings is 2. The summed E-state index contributed by atoms with van der Waals surface area (Å²) in [6, 6.07) is 12.3. The largest absolute Gasteiger partial charge is 0.303 e. The van der Waals surface area contributed by atoms with Gasteiger partial charge in [-0.15, -0.1) is 0 Å². The minimum Gasteiger partial charge on any atom is -0.303 e. The van der Waals surface area contributed by atoms with Crippen LogP contribution in [0, 0.1) is 0 Å². The van der Waals surface area contributed by atoms with E-state index in [1.165, 1.54) is 11.4 Å². The fourth-order valence-corrected chi connectivity index (χ4v) is 2.78. The average Bonchev–Trinajstić information content (AvgIpc) is 2.86. The third-order valence-corrected chi connectivity index (χ3v) is 3.61. The lowest BCUT2D eigenvalue weighted by atomic mass is 10.0. The van der Waals surface area contributed by atoms with Crippen molar-refractivity contribution in [2.45, 2.75) is 12.5 Å². The number of hydrogen-bond acceptors (Lipinski definition) is 3. The highest BCUT2D eigenvalue weighted by Crippen LogP contribution is 2.28. The van der Waals surface area contributed by atoms with Gasteiger partial charge in [-0.05, 0) is 24.3 Å². The first-order chi connectivity index (χ1) is 9.43. The van der Waals surface area contributed by atoms with E-state index >= 15 is 0 Å². The van der Waals surface area contributed by atoms with E-state index in [4.69, 9.17) is 4.98 Å². The summed E-state index contributed by atoms with van der Waals surface area (Å²) in [5, 5.41) is 3.55. The van der Waals surface area contributed by atoms with Gasteiger partial charge >= 0.3 is 0 Å². The van der Waals surface area contributed by atoms with E-state index in [0.29, 0.717) is 0 Å². The van der Waals surface area contributed by atoms with Crippen LogP contribution in [-0.4, -0.2) is 20.9 Å². The lowest BCUT2D eigenvalue weighted by molar-refractivity contribution is 0.537. The molecular formula is C15H14N4. The van der Waals surface area contributed by atoms with Gasteiger partial charge in [0.1, 0.15) is 5.65 Å². The van der Waals surface area contributed by atoms with Crippen molar-refractivity contribution in [1.29, 1.82) is 0 Å². The Hall–Kier alpha value is -2.20. The van der Waals surface area contributed by atoms with Crippen LogP contribution in [0.4, 0.5) is 0 Å². The SMILES string of the molecule is c1ccc(C2NCCc3nc4ccccn4c32)nc1. The number of fused-ring (bicyclic) bond motifs is 3. The number of hydrogen-bond donors (Lipinski definition) is 1. The highest BCUT2D eigenvalue weighted by Gasteiger charge is 2.26. The lowest BCUT2D eigenvalue weighted by Gasteiger charge is -2.23. The average molecular weight is 250 g/mol. The molecule has 0 radical (unpaired) electrons. The molecule has 4 heterocycles.